The van der Waals surface area contributed by atoms with Crippen LogP contribution in [0.2, 0.25) is 0 Å². The van der Waals surface area contributed by atoms with Crippen molar-refractivity contribution in [2.24, 2.45) is 0 Å². The number of para-hydroxylation sites is 1. The van der Waals surface area contributed by atoms with Gasteiger partial charge in [0, 0.05) is 41.7 Å². The van der Waals surface area contributed by atoms with Crippen molar-refractivity contribution in [3.05, 3.63) is 53.1 Å². The molecule has 22 heavy (non-hydrogen) atoms. The lowest BCUT2D eigenvalue weighted by Gasteiger charge is -2.24. The molecule has 2 nitrogen and oxygen atoms in total. The number of H-pyrrole nitrogens is 1. The number of anilines is 1. The van der Waals surface area contributed by atoms with Gasteiger partial charge in [-0.05, 0) is 49.6 Å². The minimum atomic E-state index is 1.04. The minimum Gasteiger partial charge on any atom is -0.372 e. The predicted octanol–water partition coefficient (Wildman–Crippen LogP) is 4.89. The van der Waals surface area contributed by atoms with Crippen molar-refractivity contribution < 1.29 is 0 Å². The van der Waals surface area contributed by atoms with Crippen LogP contribution in [0.25, 0.3) is 22.2 Å². The van der Waals surface area contributed by atoms with E-state index in [-0.39, 0.29) is 0 Å². The summed E-state index contributed by atoms with van der Waals surface area (Å²) in [5.41, 5.74) is 9.75. The van der Waals surface area contributed by atoms with Crippen molar-refractivity contribution in [3.63, 3.8) is 0 Å². The van der Waals surface area contributed by atoms with Gasteiger partial charge in [0.2, 0.25) is 0 Å². The summed E-state index contributed by atoms with van der Waals surface area (Å²) in [6, 6.07) is 13.2. The molecule has 0 unspecified atom stereocenters. The van der Waals surface area contributed by atoms with Crippen molar-refractivity contribution in [1.29, 1.82) is 0 Å². The van der Waals surface area contributed by atoms with Gasteiger partial charge in [0.1, 0.15) is 0 Å². The Kier molecular flexibility index (Phi) is 3.00. The van der Waals surface area contributed by atoms with E-state index in [1.807, 2.05) is 0 Å². The molecule has 1 aromatic heterocycles. The molecule has 0 atom stereocenters. The summed E-state index contributed by atoms with van der Waals surface area (Å²) in [7, 11) is 0. The average molecular weight is 290 g/mol. The largest absolute Gasteiger partial charge is 0.372 e. The highest BCUT2D eigenvalue weighted by Gasteiger charge is 2.27. The second-order valence-electron chi connectivity index (χ2n) is 6.13. The van der Waals surface area contributed by atoms with E-state index >= 15 is 0 Å². The molecule has 0 spiro atoms. The number of hydrogen-bond donors (Lipinski definition) is 1. The van der Waals surface area contributed by atoms with Crippen LogP contribution in [0.1, 0.15) is 30.5 Å². The Morgan fingerprint density at radius 2 is 1.77 bits per heavy atom. The Bertz CT molecular complexity index is 854. The zero-order chi connectivity index (χ0) is 15.3. The van der Waals surface area contributed by atoms with Gasteiger partial charge in [-0.2, -0.15) is 0 Å². The SMILES string of the molecule is CCN(CC)c1ccc(C)c2c1Cc1c-2[nH]c2ccccc12. The standard InChI is InChI=1S/C20H22N2/c1-4-22(5-2)18-11-10-13(3)19-16(18)12-15-14-8-6-7-9-17(14)21-20(15)19/h6-11,21H,4-5,12H2,1-3H3. The first-order valence-electron chi connectivity index (χ1n) is 8.22. The molecule has 112 valence electrons. The summed E-state index contributed by atoms with van der Waals surface area (Å²) in [6.45, 7) is 8.81. The van der Waals surface area contributed by atoms with Gasteiger partial charge in [0.15, 0.2) is 0 Å². The first kappa shape index (κ1) is 13.4. The molecule has 1 aliphatic carbocycles. The lowest BCUT2D eigenvalue weighted by atomic mass is 10.0. The summed E-state index contributed by atoms with van der Waals surface area (Å²) >= 11 is 0. The summed E-state index contributed by atoms with van der Waals surface area (Å²) in [5, 5.41) is 1.37. The van der Waals surface area contributed by atoms with E-state index in [1.54, 1.807) is 0 Å². The zero-order valence-electron chi connectivity index (χ0n) is 13.5. The average Bonchev–Trinajstić information content (AvgIpc) is 3.07. The molecule has 0 aliphatic heterocycles. The summed E-state index contributed by atoms with van der Waals surface area (Å²) in [5.74, 6) is 0. The molecule has 4 rings (SSSR count). The molecule has 0 saturated heterocycles. The minimum absolute atomic E-state index is 1.04. The van der Waals surface area contributed by atoms with Crippen molar-refractivity contribution in [2.45, 2.75) is 27.2 Å². The second-order valence-corrected chi connectivity index (χ2v) is 6.13. The topological polar surface area (TPSA) is 19.0 Å². The van der Waals surface area contributed by atoms with Crippen molar-refractivity contribution in [3.8, 4) is 11.3 Å². The number of benzene rings is 2. The molecular formula is C20H22N2. The number of rotatable bonds is 3. The second kappa shape index (κ2) is 4.91. The maximum absolute atomic E-state index is 3.66. The third kappa shape index (κ3) is 1.73. The van der Waals surface area contributed by atoms with E-state index in [0.29, 0.717) is 0 Å². The Morgan fingerprint density at radius 3 is 2.55 bits per heavy atom. The van der Waals surface area contributed by atoms with E-state index in [2.05, 4.69) is 67.1 Å². The lowest BCUT2D eigenvalue weighted by molar-refractivity contribution is 0.859. The van der Waals surface area contributed by atoms with Crippen LogP contribution in [0, 0.1) is 6.92 Å². The van der Waals surface area contributed by atoms with Gasteiger partial charge in [-0.25, -0.2) is 0 Å². The van der Waals surface area contributed by atoms with Crippen molar-refractivity contribution >= 4 is 16.6 Å². The molecule has 0 radical (unpaired) electrons. The molecule has 1 N–H and O–H groups in total. The third-order valence-electron chi connectivity index (χ3n) is 5.02. The van der Waals surface area contributed by atoms with E-state index in [0.717, 1.165) is 19.5 Å². The van der Waals surface area contributed by atoms with Crippen LogP contribution in [-0.4, -0.2) is 18.1 Å². The fraction of sp³-hybridized carbons (Fsp3) is 0.300. The van der Waals surface area contributed by atoms with Crippen LogP contribution in [0.3, 0.4) is 0 Å². The Hall–Kier alpha value is -2.22. The zero-order valence-corrected chi connectivity index (χ0v) is 13.5. The van der Waals surface area contributed by atoms with Crippen LogP contribution in [-0.2, 0) is 6.42 Å². The third-order valence-corrected chi connectivity index (χ3v) is 5.02. The lowest BCUT2D eigenvalue weighted by Crippen LogP contribution is -2.23. The highest BCUT2D eigenvalue weighted by atomic mass is 15.1. The molecule has 0 amide bonds. The number of nitrogens with zero attached hydrogens (tertiary/aromatic N) is 1. The molecule has 2 heteroatoms. The quantitative estimate of drug-likeness (QED) is 0.569. The molecule has 2 aromatic carbocycles. The van der Waals surface area contributed by atoms with Gasteiger partial charge in [0.25, 0.3) is 0 Å². The van der Waals surface area contributed by atoms with Crippen LogP contribution in [0.4, 0.5) is 5.69 Å². The van der Waals surface area contributed by atoms with Crippen LogP contribution in [0.15, 0.2) is 36.4 Å². The molecule has 0 bridgehead atoms. The summed E-state index contributed by atoms with van der Waals surface area (Å²) in [6.07, 6.45) is 1.04. The molecule has 0 saturated carbocycles. The molecular weight excluding hydrogens is 268 g/mol. The fourth-order valence-corrected chi connectivity index (χ4v) is 3.92. The number of nitrogens with one attached hydrogen (secondary N) is 1. The van der Waals surface area contributed by atoms with Crippen LogP contribution in [0.5, 0.6) is 0 Å². The van der Waals surface area contributed by atoms with Gasteiger partial charge in [-0.15, -0.1) is 0 Å². The fourth-order valence-electron chi connectivity index (χ4n) is 3.92. The normalized spacial score (nSPS) is 12.5. The molecule has 0 fully saturated rings. The van der Waals surface area contributed by atoms with Gasteiger partial charge in [-0.1, -0.05) is 24.3 Å². The van der Waals surface area contributed by atoms with Crippen LogP contribution < -0.4 is 4.90 Å². The Labute approximate surface area is 131 Å². The smallest absolute Gasteiger partial charge is 0.0507 e. The summed E-state index contributed by atoms with van der Waals surface area (Å²) < 4.78 is 0. The maximum atomic E-state index is 3.66. The summed E-state index contributed by atoms with van der Waals surface area (Å²) in [4.78, 5) is 6.12. The highest BCUT2D eigenvalue weighted by Crippen LogP contribution is 2.45. The Balaban J connectivity index is 1.97. The number of hydrogen-bond acceptors (Lipinski definition) is 1. The number of aromatic nitrogens is 1. The number of fused-ring (bicyclic) bond motifs is 5. The molecule has 1 aliphatic rings. The van der Waals surface area contributed by atoms with E-state index in [9.17, 15) is 0 Å². The van der Waals surface area contributed by atoms with Crippen molar-refractivity contribution in [1.82, 2.24) is 4.98 Å². The first-order valence-corrected chi connectivity index (χ1v) is 8.22. The monoisotopic (exact) mass is 290 g/mol. The number of aryl methyl sites for hydroxylation is 1. The van der Waals surface area contributed by atoms with Crippen molar-refractivity contribution in [2.75, 3.05) is 18.0 Å². The van der Waals surface area contributed by atoms with E-state index in [4.69, 9.17) is 0 Å². The van der Waals surface area contributed by atoms with Gasteiger partial charge < -0.3 is 9.88 Å². The predicted molar refractivity (Wildman–Crippen MR) is 94.8 cm³/mol. The Morgan fingerprint density at radius 1 is 1.00 bits per heavy atom. The van der Waals surface area contributed by atoms with Gasteiger partial charge >= 0.3 is 0 Å². The van der Waals surface area contributed by atoms with E-state index < -0.39 is 0 Å². The first-order chi connectivity index (χ1) is 10.7. The van der Waals surface area contributed by atoms with Crippen LogP contribution >= 0.6 is 0 Å². The highest BCUT2D eigenvalue weighted by molar-refractivity contribution is 5.96. The van der Waals surface area contributed by atoms with Gasteiger partial charge in [-0.3, -0.25) is 0 Å². The molecule has 1 heterocycles. The maximum Gasteiger partial charge on any atom is 0.0507 e. The molecule has 3 aromatic rings. The van der Waals surface area contributed by atoms with Gasteiger partial charge in [0.05, 0.1) is 5.69 Å². The number of aromatic amines is 1. The van der Waals surface area contributed by atoms with E-state index in [1.165, 1.54) is 44.5 Å².